The Morgan fingerprint density at radius 2 is 2.36 bits per heavy atom. The SMILES string of the molecule is C[C@@H]1COC(=O)N1c1cccc(N)c1. The quantitative estimate of drug-likeness (QED) is 0.688. The first-order valence-electron chi connectivity index (χ1n) is 4.50. The van der Waals surface area contributed by atoms with Gasteiger partial charge in [-0.3, -0.25) is 4.90 Å². The summed E-state index contributed by atoms with van der Waals surface area (Å²) in [6.45, 7) is 2.38. The van der Waals surface area contributed by atoms with E-state index in [1.807, 2.05) is 19.1 Å². The standard InChI is InChI=1S/C10H12N2O2/c1-7-6-14-10(13)12(7)9-4-2-3-8(11)5-9/h2-5,7H,6,11H2,1H3/t7-/m1/s1. The fraction of sp³-hybridized carbons (Fsp3) is 0.300. The van der Waals surface area contributed by atoms with Crippen molar-refractivity contribution in [3.63, 3.8) is 0 Å². The fourth-order valence-corrected chi connectivity index (χ4v) is 1.55. The van der Waals surface area contributed by atoms with Crippen LogP contribution >= 0.6 is 0 Å². The summed E-state index contributed by atoms with van der Waals surface area (Å²) < 4.78 is 4.92. The highest BCUT2D eigenvalue weighted by atomic mass is 16.6. The van der Waals surface area contributed by atoms with Crippen molar-refractivity contribution in [1.29, 1.82) is 0 Å². The fourth-order valence-electron chi connectivity index (χ4n) is 1.55. The van der Waals surface area contributed by atoms with E-state index >= 15 is 0 Å². The third kappa shape index (κ3) is 1.39. The van der Waals surface area contributed by atoms with Crippen molar-refractivity contribution >= 4 is 17.5 Å². The van der Waals surface area contributed by atoms with Crippen molar-refractivity contribution in [3.8, 4) is 0 Å². The van der Waals surface area contributed by atoms with Crippen LogP contribution in [0.4, 0.5) is 16.2 Å². The maximum atomic E-state index is 11.4. The zero-order valence-electron chi connectivity index (χ0n) is 7.93. The smallest absolute Gasteiger partial charge is 0.414 e. The number of anilines is 2. The van der Waals surface area contributed by atoms with Crippen molar-refractivity contribution in [2.45, 2.75) is 13.0 Å². The van der Waals surface area contributed by atoms with E-state index in [9.17, 15) is 4.79 Å². The number of ether oxygens (including phenoxy) is 1. The van der Waals surface area contributed by atoms with Crippen LogP contribution < -0.4 is 10.6 Å². The zero-order chi connectivity index (χ0) is 10.1. The molecule has 0 bridgehead atoms. The summed E-state index contributed by atoms with van der Waals surface area (Å²) in [6.07, 6.45) is -0.303. The summed E-state index contributed by atoms with van der Waals surface area (Å²) in [7, 11) is 0. The largest absolute Gasteiger partial charge is 0.447 e. The van der Waals surface area contributed by atoms with Gasteiger partial charge in [-0.1, -0.05) is 6.07 Å². The number of hydrogen-bond acceptors (Lipinski definition) is 3. The molecule has 1 saturated heterocycles. The maximum absolute atomic E-state index is 11.4. The molecule has 1 aromatic carbocycles. The van der Waals surface area contributed by atoms with E-state index < -0.39 is 0 Å². The molecule has 0 unspecified atom stereocenters. The first kappa shape index (κ1) is 8.87. The average molecular weight is 192 g/mol. The molecule has 2 N–H and O–H groups in total. The van der Waals surface area contributed by atoms with E-state index in [2.05, 4.69) is 0 Å². The molecule has 4 heteroatoms. The Labute approximate surface area is 82.3 Å². The lowest BCUT2D eigenvalue weighted by atomic mass is 10.2. The third-order valence-corrected chi connectivity index (χ3v) is 2.23. The molecule has 0 aromatic heterocycles. The van der Waals surface area contributed by atoms with Crippen molar-refractivity contribution in [3.05, 3.63) is 24.3 Å². The Morgan fingerprint density at radius 1 is 1.57 bits per heavy atom. The summed E-state index contributed by atoms with van der Waals surface area (Å²) in [5.74, 6) is 0. The van der Waals surface area contributed by atoms with Gasteiger partial charge in [-0.15, -0.1) is 0 Å². The van der Waals surface area contributed by atoms with Gasteiger partial charge in [0, 0.05) is 11.4 Å². The minimum atomic E-state index is -0.303. The lowest BCUT2D eigenvalue weighted by Gasteiger charge is -2.17. The molecule has 1 heterocycles. The van der Waals surface area contributed by atoms with E-state index in [0.29, 0.717) is 12.3 Å². The molecular weight excluding hydrogens is 180 g/mol. The molecular formula is C10H12N2O2. The van der Waals surface area contributed by atoms with Crippen LogP contribution in [0.15, 0.2) is 24.3 Å². The van der Waals surface area contributed by atoms with Gasteiger partial charge in [-0.05, 0) is 25.1 Å². The van der Waals surface area contributed by atoms with Gasteiger partial charge >= 0.3 is 6.09 Å². The molecule has 1 amide bonds. The Kier molecular flexibility index (Phi) is 2.04. The van der Waals surface area contributed by atoms with Gasteiger partial charge in [0.25, 0.3) is 0 Å². The number of hydrogen-bond donors (Lipinski definition) is 1. The number of nitrogens with two attached hydrogens (primary N) is 1. The average Bonchev–Trinajstić information content (AvgIpc) is 2.46. The number of carbonyl (C=O) groups is 1. The number of nitrogens with zero attached hydrogens (tertiary/aromatic N) is 1. The minimum Gasteiger partial charge on any atom is -0.447 e. The molecule has 1 aliphatic heterocycles. The van der Waals surface area contributed by atoms with Crippen molar-refractivity contribution in [1.82, 2.24) is 0 Å². The van der Waals surface area contributed by atoms with Gasteiger partial charge < -0.3 is 10.5 Å². The number of benzene rings is 1. The number of carbonyl (C=O) groups excluding carboxylic acids is 1. The molecule has 14 heavy (non-hydrogen) atoms. The highest BCUT2D eigenvalue weighted by molar-refractivity contribution is 5.90. The van der Waals surface area contributed by atoms with Gasteiger partial charge in [0.15, 0.2) is 0 Å². The van der Waals surface area contributed by atoms with E-state index in [1.54, 1.807) is 17.0 Å². The molecule has 0 radical (unpaired) electrons. The summed E-state index contributed by atoms with van der Waals surface area (Å²) in [6, 6.07) is 7.30. The van der Waals surface area contributed by atoms with E-state index in [1.165, 1.54) is 0 Å². The molecule has 2 rings (SSSR count). The van der Waals surface area contributed by atoms with E-state index in [0.717, 1.165) is 5.69 Å². The monoisotopic (exact) mass is 192 g/mol. The lowest BCUT2D eigenvalue weighted by molar-refractivity contribution is 0.179. The van der Waals surface area contributed by atoms with Crippen LogP contribution in [0.25, 0.3) is 0 Å². The molecule has 0 saturated carbocycles. The van der Waals surface area contributed by atoms with Crippen LogP contribution in [0.5, 0.6) is 0 Å². The first-order valence-corrected chi connectivity index (χ1v) is 4.50. The van der Waals surface area contributed by atoms with Crippen LogP contribution in [0, 0.1) is 0 Å². The third-order valence-electron chi connectivity index (χ3n) is 2.23. The molecule has 1 fully saturated rings. The molecule has 1 aliphatic rings. The van der Waals surface area contributed by atoms with Gasteiger partial charge in [0.2, 0.25) is 0 Å². The van der Waals surface area contributed by atoms with Crippen molar-refractivity contribution in [2.24, 2.45) is 0 Å². The molecule has 0 aliphatic carbocycles. The second-order valence-corrected chi connectivity index (χ2v) is 3.39. The summed E-state index contributed by atoms with van der Waals surface area (Å²) in [4.78, 5) is 13.0. The number of cyclic esters (lactones) is 1. The second-order valence-electron chi connectivity index (χ2n) is 3.39. The number of nitrogen functional groups attached to an aromatic ring is 1. The van der Waals surface area contributed by atoms with Crippen molar-refractivity contribution in [2.75, 3.05) is 17.2 Å². The lowest BCUT2D eigenvalue weighted by Crippen LogP contribution is -2.30. The highest BCUT2D eigenvalue weighted by Crippen LogP contribution is 2.24. The van der Waals surface area contributed by atoms with Crippen LogP contribution in [0.2, 0.25) is 0 Å². The Morgan fingerprint density at radius 3 is 2.93 bits per heavy atom. The zero-order valence-corrected chi connectivity index (χ0v) is 7.93. The van der Waals surface area contributed by atoms with Gasteiger partial charge in [0.1, 0.15) is 6.61 Å². The molecule has 74 valence electrons. The van der Waals surface area contributed by atoms with Crippen LogP contribution in [0.3, 0.4) is 0 Å². The van der Waals surface area contributed by atoms with E-state index in [4.69, 9.17) is 10.5 Å². The van der Waals surface area contributed by atoms with E-state index in [-0.39, 0.29) is 12.1 Å². The Balaban J connectivity index is 2.34. The molecule has 1 atom stereocenters. The minimum absolute atomic E-state index is 0.0734. The number of amides is 1. The highest BCUT2D eigenvalue weighted by Gasteiger charge is 2.30. The van der Waals surface area contributed by atoms with Gasteiger partial charge in [0.05, 0.1) is 6.04 Å². The Hall–Kier alpha value is -1.71. The summed E-state index contributed by atoms with van der Waals surface area (Å²) >= 11 is 0. The van der Waals surface area contributed by atoms with Crippen LogP contribution in [-0.2, 0) is 4.74 Å². The number of rotatable bonds is 1. The molecule has 4 nitrogen and oxygen atoms in total. The summed E-state index contributed by atoms with van der Waals surface area (Å²) in [5.41, 5.74) is 7.08. The molecule has 1 aromatic rings. The predicted molar refractivity (Wildman–Crippen MR) is 54.1 cm³/mol. The van der Waals surface area contributed by atoms with Gasteiger partial charge in [-0.2, -0.15) is 0 Å². The van der Waals surface area contributed by atoms with Crippen LogP contribution in [0.1, 0.15) is 6.92 Å². The topological polar surface area (TPSA) is 55.6 Å². The predicted octanol–water partition coefficient (Wildman–Crippen LogP) is 1.61. The Bertz CT molecular complexity index is 365. The second kappa shape index (κ2) is 3.21. The van der Waals surface area contributed by atoms with Crippen molar-refractivity contribution < 1.29 is 9.53 Å². The van der Waals surface area contributed by atoms with Crippen LogP contribution in [-0.4, -0.2) is 18.7 Å². The summed E-state index contributed by atoms with van der Waals surface area (Å²) in [5, 5.41) is 0. The van der Waals surface area contributed by atoms with Gasteiger partial charge in [-0.25, -0.2) is 4.79 Å². The first-order chi connectivity index (χ1) is 6.68. The molecule has 0 spiro atoms. The maximum Gasteiger partial charge on any atom is 0.414 e. The normalized spacial score (nSPS) is 21.1.